The Morgan fingerprint density at radius 2 is 1.75 bits per heavy atom. The molecule has 2 heteroatoms. The largest absolute Gasteiger partial charge is 0.316 e. The molecule has 12 heavy (non-hydrogen) atoms. The molecule has 1 N–H and O–H groups in total. The molecular formula is C10H20N2. The number of rotatable bonds is 2. The van der Waals surface area contributed by atoms with Crippen LogP contribution < -0.4 is 5.32 Å². The van der Waals surface area contributed by atoms with E-state index in [0.29, 0.717) is 0 Å². The first-order valence-corrected chi connectivity index (χ1v) is 3.97. The van der Waals surface area contributed by atoms with Crippen LogP contribution in [0.1, 0.15) is 26.8 Å². The van der Waals surface area contributed by atoms with Crippen LogP contribution in [-0.4, -0.2) is 12.0 Å². The molecule has 0 radical (unpaired) electrons. The third-order valence-electron chi connectivity index (χ3n) is 1.13. The van der Waals surface area contributed by atoms with Crippen molar-refractivity contribution in [3.63, 3.8) is 0 Å². The highest BCUT2D eigenvalue weighted by Gasteiger charge is 1.84. The fraction of sp³-hybridized carbons (Fsp3) is 0.500. The Bertz CT molecular complexity index is 161. The van der Waals surface area contributed by atoms with Crippen molar-refractivity contribution >= 4 is 0 Å². The average molecular weight is 168 g/mol. The second kappa shape index (κ2) is 10.1. The van der Waals surface area contributed by atoms with Gasteiger partial charge in [0.1, 0.15) is 0 Å². The fourth-order valence-corrected chi connectivity index (χ4v) is 0.705. The standard InChI is InChI=1S/C7H10N2.C2H6.CH4/c1-8-6-7-2-4-9-5-3-7;1-2;/h2-5,8H,6H2,1H3;1-2H3;1H4. The van der Waals surface area contributed by atoms with Gasteiger partial charge < -0.3 is 5.32 Å². The zero-order valence-corrected chi connectivity index (χ0v) is 7.46. The lowest BCUT2D eigenvalue weighted by molar-refractivity contribution is 0.816. The Morgan fingerprint density at radius 1 is 1.25 bits per heavy atom. The van der Waals surface area contributed by atoms with E-state index in [2.05, 4.69) is 10.3 Å². The van der Waals surface area contributed by atoms with Crippen LogP contribution in [0.3, 0.4) is 0 Å². The quantitative estimate of drug-likeness (QED) is 0.733. The Hall–Kier alpha value is -0.890. The summed E-state index contributed by atoms with van der Waals surface area (Å²) < 4.78 is 0. The van der Waals surface area contributed by atoms with Gasteiger partial charge >= 0.3 is 0 Å². The van der Waals surface area contributed by atoms with Gasteiger partial charge in [-0.1, -0.05) is 21.3 Å². The third-order valence-corrected chi connectivity index (χ3v) is 1.13. The minimum absolute atomic E-state index is 0. The summed E-state index contributed by atoms with van der Waals surface area (Å²) >= 11 is 0. The predicted octanol–water partition coefficient (Wildman–Crippen LogP) is 2.46. The highest BCUT2D eigenvalue weighted by Crippen LogP contribution is 1.92. The molecule has 0 atom stereocenters. The van der Waals surface area contributed by atoms with E-state index < -0.39 is 0 Å². The van der Waals surface area contributed by atoms with Gasteiger partial charge in [-0.15, -0.1) is 0 Å². The van der Waals surface area contributed by atoms with E-state index in [9.17, 15) is 0 Å². The highest BCUT2D eigenvalue weighted by molar-refractivity contribution is 5.08. The second-order valence-corrected chi connectivity index (χ2v) is 1.89. The molecule has 0 spiro atoms. The Morgan fingerprint density at radius 3 is 2.17 bits per heavy atom. The van der Waals surface area contributed by atoms with Crippen LogP contribution in [0, 0.1) is 0 Å². The number of aromatic nitrogens is 1. The molecule has 0 unspecified atom stereocenters. The Balaban J connectivity index is 0. The summed E-state index contributed by atoms with van der Waals surface area (Å²) in [7, 11) is 1.93. The van der Waals surface area contributed by atoms with Crippen LogP contribution in [0.2, 0.25) is 0 Å². The molecular weight excluding hydrogens is 148 g/mol. The molecule has 1 aromatic rings. The van der Waals surface area contributed by atoms with Crippen molar-refractivity contribution < 1.29 is 0 Å². The fourth-order valence-electron chi connectivity index (χ4n) is 0.705. The minimum Gasteiger partial charge on any atom is -0.316 e. The molecule has 0 saturated heterocycles. The molecule has 1 rings (SSSR count). The molecule has 70 valence electrons. The summed E-state index contributed by atoms with van der Waals surface area (Å²) in [5, 5.41) is 3.06. The van der Waals surface area contributed by atoms with Crippen molar-refractivity contribution in [1.82, 2.24) is 10.3 Å². The van der Waals surface area contributed by atoms with E-state index in [1.165, 1.54) is 5.56 Å². The monoisotopic (exact) mass is 168 g/mol. The molecule has 1 heterocycles. The van der Waals surface area contributed by atoms with Gasteiger partial charge in [0.25, 0.3) is 0 Å². The zero-order chi connectivity index (χ0) is 8.53. The molecule has 2 nitrogen and oxygen atoms in total. The summed E-state index contributed by atoms with van der Waals surface area (Å²) in [5.74, 6) is 0. The maximum Gasteiger partial charge on any atom is 0.0271 e. The molecule has 0 amide bonds. The van der Waals surface area contributed by atoms with E-state index in [-0.39, 0.29) is 7.43 Å². The van der Waals surface area contributed by atoms with Crippen LogP contribution in [0.15, 0.2) is 24.5 Å². The molecule has 1 aromatic heterocycles. The van der Waals surface area contributed by atoms with Crippen molar-refractivity contribution in [2.75, 3.05) is 7.05 Å². The summed E-state index contributed by atoms with van der Waals surface area (Å²) in [6.45, 7) is 4.92. The molecule has 0 aromatic carbocycles. The van der Waals surface area contributed by atoms with Gasteiger partial charge in [0.15, 0.2) is 0 Å². The van der Waals surface area contributed by atoms with Gasteiger partial charge in [-0.2, -0.15) is 0 Å². The normalized spacial score (nSPS) is 7.58. The van der Waals surface area contributed by atoms with E-state index in [1.807, 2.05) is 33.0 Å². The van der Waals surface area contributed by atoms with Crippen molar-refractivity contribution in [2.24, 2.45) is 0 Å². The van der Waals surface area contributed by atoms with E-state index in [1.54, 1.807) is 12.4 Å². The van der Waals surface area contributed by atoms with Crippen LogP contribution in [0.5, 0.6) is 0 Å². The first-order valence-electron chi connectivity index (χ1n) is 3.97. The van der Waals surface area contributed by atoms with Crippen molar-refractivity contribution in [3.8, 4) is 0 Å². The smallest absolute Gasteiger partial charge is 0.0271 e. The predicted molar refractivity (Wildman–Crippen MR) is 55.1 cm³/mol. The first-order chi connectivity index (χ1) is 5.43. The van der Waals surface area contributed by atoms with Crippen LogP contribution in [-0.2, 0) is 6.54 Å². The van der Waals surface area contributed by atoms with Gasteiger partial charge in [0.05, 0.1) is 0 Å². The Labute approximate surface area is 76.0 Å². The second-order valence-electron chi connectivity index (χ2n) is 1.89. The highest BCUT2D eigenvalue weighted by atomic mass is 14.8. The van der Waals surface area contributed by atoms with Crippen molar-refractivity contribution in [3.05, 3.63) is 30.1 Å². The summed E-state index contributed by atoms with van der Waals surface area (Å²) in [6.07, 6.45) is 3.60. The topological polar surface area (TPSA) is 24.9 Å². The Kier molecular flexibility index (Phi) is 11.5. The van der Waals surface area contributed by atoms with Gasteiger partial charge in [-0.25, -0.2) is 0 Å². The molecule has 0 bridgehead atoms. The zero-order valence-electron chi connectivity index (χ0n) is 7.46. The van der Waals surface area contributed by atoms with Gasteiger partial charge in [0, 0.05) is 18.9 Å². The molecule has 0 saturated carbocycles. The average Bonchev–Trinajstić information content (AvgIpc) is 2.11. The van der Waals surface area contributed by atoms with Gasteiger partial charge in [0.2, 0.25) is 0 Å². The molecule has 0 aliphatic carbocycles. The third kappa shape index (κ3) is 5.86. The lowest BCUT2D eigenvalue weighted by Crippen LogP contribution is -2.04. The SMILES string of the molecule is C.CC.CNCc1ccncc1. The minimum atomic E-state index is 0. The maximum atomic E-state index is 3.90. The number of hydrogen-bond donors (Lipinski definition) is 1. The van der Waals surface area contributed by atoms with E-state index in [0.717, 1.165) is 6.54 Å². The number of hydrogen-bond acceptors (Lipinski definition) is 2. The first kappa shape index (κ1) is 13.7. The molecule has 0 fully saturated rings. The summed E-state index contributed by atoms with van der Waals surface area (Å²) in [6, 6.07) is 3.99. The lowest BCUT2D eigenvalue weighted by atomic mass is 10.3. The lowest BCUT2D eigenvalue weighted by Gasteiger charge is -1.95. The van der Waals surface area contributed by atoms with Crippen molar-refractivity contribution in [2.45, 2.75) is 27.8 Å². The number of pyridine rings is 1. The van der Waals surface area contributed by atoms with Crippen LogP contribution in [0.4, 0.5) is 0 Å². The number of nitrogens with one attached hydrogen (secondary N) is 1. The summed E-state index contributed by atoms with van der Waals surface area (Å²) in [4.78, 5) is 3.90. The summed E-state index contributed by atoms with van der Waals surface area (Å²) in [5.41, 5.74) is 1.27. The van der Waals surface area contributed by atoms with Gasteiger partial charge in [-0.3, -0.25) is 4.98 Å². The number of nitrogens with zero attached hydrogens (tertiary/aromatic N) is 1. The van der Waals surface area contributed by atoms with E-state index >= 15 is 0 Å². The van der Waals surface area contributed by atoms with Crippen LogP contribution in [0.25, 0.3) is 0 Å². The maximum absolute atomic E-state index is 3.90. The van der Waals surface area contributed by atoms with E-state index in [4.69, 9.17) is 0 Å². The molecule has 0 aliphatic heterocycles. The van der Waals surface area contributed by atoms with Gasteiger partial charge in [-0.05, 0) is 24.7 Å². The van der Waals surface area contributed by atoms with Crippen LogP contribution >= 0.6 is 0 Å². The molecule has 0 aliphatic rings. The van der Waals surface area contributed by atoms with Crippen molar-refractivity contribution in [1.29, 1.82) is 0 Å².